The van der Waals surface area contributed by atoms with E-state index in [-0.39, 0.29) is 6.10 Å². The van der Waals surface area contributed by atoms with Gasteiger partial charge in [0.15, 0.2) is 0 Å². The van der Waals surface area contributed by atoms with E-state index in [4.69, 9.17) is 26.2 Å². The molecule has 0 saturated carbocycles. The molecule has 0 aliphatic rings. The molecule has 104 valence electrons. The van der Waals surface area contributed by atoms with E-state index in [2.05, 4.69) is 0 Å². The maximum absolute atomic E-state index is 10.6. The van der Waals surface area contributed by atoms with E-state index in [1.165, 1.54) is 6.08 Å². The highest BCUT2D eigenvalue weighted by Gasteiger charge is 2.08. The van der Waals surface area contributed by atoms with Crippen LogP contribution in [0.4, 0.5) is 0 Å². The molecule has 0 heterocycles. The van der Waals surface area contributed by atoms with Crippen molar-refractivity contribution in [2.45, 2.75) is 19.4 Å². The highest BCUT2D eigenvalue weighted by Crippen LogP contribution is 2.25. The molecule has 0 radical (unpaired) electrons. The van der Waals surface area contributed by atoms with Gasteiger partial charge < -0.3 is 14.6 Å². The summed E-state index contributed by atoms with van der Waals surface area (Å²) in [6, 6.07) is 5.10. The van der Waals surface area contributed by atoms with Crippen molar-refractivity contribution < 1.29 is 19.4 Å². The Morgan fingerprint density at radius 1 is 1.53 bits per heavy atom. The lowest BCUT2D eigenvalue weighted by Crippen LogP contribution is -2.14. The smallest absolute Gasteiger partial charge is 0.328 e. The van der Waals surface area contributed by atoms with Gasteiger partial charge in [-0.25, -0.2) is 4.79 Å². The molecule has 5 heteroatoms. The molecule has 0 aliphatic heterocycles. The lowest BCUT2D eigenvalue weighted by Gasteiger charge is -2.16. The van der Waals surface area contributed by atoms with Gasteiger partial charge in [0, 0.05) is 36.8 Å². The topological polar surface area (TPSA) is 55.8 Å². The fraction of sp³-hybridized carbons (Fsp3) is 0.357. The van der Waals surface area contributed by atoms with Crippen LogP contribution in [-0.4, -0.2) is 30.9 Å². The molecule has 0 spiro atoms. The Labute approximate surface area is 117 Å². The Bertz CT molecular complexity index is 457. The summed E-state index contributed by atoms with van der Waals surface area (Å²) in [6.45, 7) is 2.54. The van der Waals surface area contributed by atoms with Gasteiger partial charge in [-0.2, -0.15) is 0 Å². The SMILES string of the molecule is COCCC(C)Oc1ccc(Cl)cc1/C=C/C(=O)O. The largest absolute Gasteiger partial charge is 0.490 e. The number of benzene rings is 1. The van der Waals surface area contributed by atoms with E-state index < -0.39 is 5.97 Å². The minimum atomic E-state index is -1.02. The van der Waals surface area contributed by atoms with Crippen LogP contribution in [0.15, 0.2) is 24.3 Å². The van der Waals surface area contributed by atoms with E-state index in [1.54, 1.807) is 25.3 Å². The van der Waals surface area contributed by atoms with Gasteiger partial charge >= 0.3 is 5.97 Å². The van der Waals surface area contributed by atoms with Crippen LogP contribution >= 0.6 is 11.6 Å². The molecule has 1 aromatic rings. The Morgan fingerprint density at radius 2 is 2.26 bits per heavy atom. The molecule has 0 saturated heterocycles. The first-order valence-corrected chi connectivity index (χ1v) is 6.27. The summed E-state index contributed by atoms with van der Waals surface area (Å²) < 4.78 is 10.7. The number of rotatable bonds is 7. The van der Waals surface area contributed by atoms with Gasteiger partial charge in [-0.05, 0) is 31.2 Å². The van der Waals surface area contributed by atoms with Crippen LogP contribution in [0.3, 0.4) is 0 Å². The lowest BCUT2D eigenvalue weighted by molar-refractivity contribution is -0.131. The Hall–Kier alpha value is -1.52. The van der Waals surface area contributed by atoms with Gasteiger partial charge in [-0.3, -0.25) is 0 Å². The zero-order valence-corrected chi connectivity index (χ0v) is 11.7. The Morgan fingerprint density at radius 3 is 2.89 bits per heavy atom. The van der Waals surface area contributed by atoms with Crippen molar-refractivity contribution in [3.8, 4) is 5.75 Å². The van der Waals surface area contributed by atoms with Gasteiger partial charge in [0.1, 0.15) is 5.75 Å². The Balaban J connectivity index is 2.84. The number of methoxy groups -OCH3 is 1. The predicted molar refractivity (Wildman–Crippen MR) is 74.7 cm³/mol. The second kappa shape index (κ2) is 7.81. The zero-order chi connectivity index (χ0) is 14.3. The number of hydrogen-bond donors (Lipinski definition) is 1. The number of carboxylic acid groups (broad SMARTS) is 1. The first kappa shape index (κ1) is 15.5. The summed E-state index contributed by atoms with van der Waals surface area (Å²) in [4.78, 5) is 10.6. The van der Waals surface area contributed by atoms with Crippen molar-refractivity contribution >= 4 is 23.6 Å². The zero-order valence-electron chi connectivity index (χ0n) is 10.9. The van der Waals surface area contributed by atoms with Crippen LogP contribution < -0.4 is 4.74 Å². The third kappa shape index (κ3) is 5.77. The minimum absolute atomic E-state index is 0.0295. The molecule has 0 bridgehead atoms. The summed E-state index contributed by atoms with van der Waals surface area (Å²) in [5.41, 5.74) is 0.638. The molecular formula is C14H17ClO4. The fourth-order valence-corrected chi connectivity index (χ4v) is 1.66. The van der Waals surface area contributed by atoms with E-state index in [1.807, 2.05) is 6.92 Å². The van der Waals surface area contributed by atoms with Crippen molar-refractivity contribution in [2.75, 3.05) is 13.7 Å². The van der Waals surface area contributed by atoms with Crippen LogP contribution in [0.1, 0.15) is 18.9 Å². The third-order valence-electron chi connectivity index (χ3n) is 2.43. The molecule has 0 amide bonds. The van der Waals surface area contributed by atoms with E-state index in [9.17, 15) is 4.79 Å². The number of halogens is 1. The van der Waals surface area contributed by atoms with Crippen LogP contribution in [-0.2, 0) is 9.53 Å². The molecule has 1 aromatic carbocycles. The molecule has 0 aliphatic carbocycles. The second-order valence-corrected chi connectivity index (χ2v) is 4.50. The molecule has 1 unspecified atom stereocenters. The summed E-state index contributed by atoms with van der Waals surface area (Å²) in [7, 11) is 1.63. The van der Waals surface area contributed by atoms with Crippen LogP contribution in [0, 0.1) is 0 Å². The van der Waals surface area contributed by atoms with E-state index in [0.29, 0.717) is 22.9 Å². The predicted octanol–water partition coefficient (Wildman–Crippen LogP) is 3.24. The van der Waals surface area contributed by atoms with Crippen molar-refractivity contribution in [3.05, 3.63) is 34.9 Å². The Kier molecular flexibility index (Phi) is 6.39. The average Bonchev–Trinajstić information content (AvgIpc) is 2.36. The number of aliphatic carboxylic acids is 1. The van der Waals surface area contributed by atoms with E-state index in [0.717, 1.165) is 12.5 Å². The van der Waals surface area contributed by atoms with Gasteiger partial charge in [0.05, 0.1) is 6.10 Å². The van der Waals surface area contributed by atoms with Crippen LogP contribution in [0.25, 0.3) is 6.08 Å². The number of ether oxygens (including phenoxy) is 2. The minimum Gasteiger partial charge on any atom is -0.490 e. The summed E-state index contributed by atoms with van der Waals surface area (Å²) in [6.07, 6.45) is 3.24. The van der Waals surface area contributed by atoms with Crippen molar-refractivity contribution in [1.29, 1.82) is 0 Å². The molecule has 0 aromatic heterocycles. The first-order valence-electron chi connectivity index (χ1n) is 5.89. The molecule has 19 heavy (non-hydrogen) atoms. The molecular weight excluding hydrogens is 268 g/mol. The summed E-state index contributed by atoms with van der Waals surface area (Å²) >= 11 is 5.90. The van der Waals surface area contributed by atoms with Gasteiger partial charge in [0.25, 0.3) is 0 Å². The monoisotopic (exact) mass is 284 g/mol. The average molecular weight is 285 g/mol. The number of carboxylic acids is 1. The third-order valence-corrected chi connectivity index (χ3v) is 2.67. The first-order chi connectivity index (χ1) is 9.02. The van der Waals surface area contributed by atoms with Crippen molar-refractivity contribution in [3.63, 3.8) is 0 Å². The van der Waals surface area contributed by atoms with Crippen molar-refractivity contribution in [2.24, 2.45) is 0 Å². The van der Waals surface area contributed by atoms with Crippen molar-refractivity contribution in [1.82, 2.24) is 0 Å². The lowest BCUT2D eigenvalue weighted by atomic mass is 10.2. The van der Waals surface area contributed by atoms with Gasteiger partial charge in [-0.15, -0.1) is 0 Å². The highest BCUT2D eigenvalue weighted by atomic mass is 35.5. The van der Waals surface area contributed by atoms with E-state index >= 15 is 0 Å². The van der Waals surface area contributed by atoms with Crippen LogP contribution in [0.2, 0.25) is 5.02 Å². The maximum Gasteiger partial charge on any atom is 0.328 e. The highest BCUT2D eigenvalue weighted by molar-refractivity contribution is 6.30. The van der Waals surface area contributed by atoms with Gasteiger partial charge in [-0.1, -0.05) is 11.6 Å². The number of hydrogen-bond acceptors (Lipinski definition) is 3. The molecule has 4 nitrogen and oxygen atoms in total. The van der Waals surface area contributed by atoms with Gasteiger partial charge in [0.2, 0.25) is 0 Å². The standard InChI is InChI=1S/C14H17ClO4/c1-10(7-8-18-2)19-13-5-4-12(15)9-11(13)3-6-14(16)17/h3-6,9-10H,7-8H2,1-2H3,(H,16,17)/b6-3+. The molecule has 1 rings (SSSR count). The molecule has 0 fully saturated rings. The molecule has 1 atom stereocenters. The van der Waals surface area contributed by atoms with Crippen LogP contribution in [0.5, 0.6) is 5.75 Å². The summed E-state index contributed by atoms with van der Waals surface area (Å²) in [5.74, 6) is -0.413. The number of carbonyl (C=O) groups is 1. The fourth-order valence-electron chi connectivity index (χ4n) is 1.48. The molecule has 1 N–H and O–H groups in total. The quantitative estimate of drug-likeness (QED) is 0.781. The normalized spacial score (nSPS) is 12.6. The second-order valence-electron chi connectivity index (χ2n) is 4.06. The maximum atomic E-state index is 10.6. The summed E-state index contributed by atoms with van der Waals surface area (Å²) in [5, 5.41) is 9.19.